The van der Waals surface area contributed by atoms with E-state index in [4.69, 9.17) is 0 Å². The minimum absolute atomic E-state index is 0.445. The molecule has 0 amide bonds. The topological polar surface area (TPSA) is 12.0 Å². The summed E-state index contributed by atoms with van der Waals surface area (Å²) in [6, 6.07) is 2.23. The molecule has 0 saturated heterocycles. The van der Waals surface area contributed by atoms with E-state index in [-0.39, 0.29) is 0 Å². The molecule has 1 rings (SSSR count). The van der Waals surface area contributed by atoms with E-state index < -0.39 is 0 Å². The van der Waals surface area contributed by atoms with Gasteiger partial charge in [-0.05, 0) is 67.6 Å². The highest BCUT2D eigenvalue weighted by atomic mass is 32.1. The highest BCUT2D eigenvalue weighted by Gasteiger charge is 2.17. The summed E-state index contributed by atoms with van der Waals surface area (Å²) in [4.78, 5) is 1.57. The maximum absolute atomic E-state index is 3.55. The maximum Gasteiger partial charge on any atom is 0.00746 e. The minimum atomic E-state index is 0.445. The molecule has 1 N–H and O–H groups in total. The van der Waals surface area contributed by atoms with Gasteiger partial charge in [0.15, 0.2) is 0 Å². The van der Waals surface area contributed by atoms with Crippen LogP contribution in [0.5, 0.6) is 0 Å². The standard InChI is InChI=1S/C16H29NS/c1-13(2)12-17-10-9-16(4,5)8-6-15-14(3)7-11-18-15/h7,11,13,17H,6,8-10,12H2,1-5H3. The van der Waals surface area contributed by atoms with Crippen molar-refractivity contribution in [2.24, 2.45) is 11.3 Å². The van der Waals surface area contributed by atoms with E-state index in [0.717, 1.165) is 19.0 Å². The van der Waals surface area contributed by atoms with Gasteiger partial charge in [0.1, 0.15) is 0 Å². The van der Waals surface area contributed by atoms with Crippen molar-refractivity contribution in [3.05, 3.63) is 21.9 Å². The van der Waals surface area contributed by atoms with Crippen molar-refractivity contribution in [3.63, 3.8) is 0 Å². The van der Waals surface area contributed by atoms with E-state index >= 15 is 0 Å². The van der Waals surface area contributed by atoms with Gasteiger partial charge in [0, 0.05) is 4.88 Å². The Morgan fingerprint density at radius 2 is 2.00 bits per heavy atom. The Morgan fingerprint density at radius 1 is 1.28 bits per heavy atom. The third-order valence-electron chi connectivity index (χ3n) is 3.53. The van der Waals surface area contributed by atoms with Gasteiger partial charge in [-0.25, -0.2) is 0 Å². The van der Waals surface area contributed by atoms with Crippen molar-refractivity contribution < 1.29 is 0 Å². The second-order valence-corrected chi connectivity index (χ2v) is 7.54. The van der Waals surface area contributed by atoms with Crippen molar-refractivity contribution in [2.75, 3.05) is 13.1 Å². The molecule has 1 aromatic rings. The quantitative estimate of drug-likeness (QED) is 0.676. The molecule has 0 aliphatic carbocycles. The first-order valence-corrected chi connectivity index (χ1v) is 8.02. The monoisotopic (exact) mass is 267 g/mol. The van der Waals surface area contributed by atoms with Crippen molar-refractivity contribution in [3.8, 4) is 0 Å². The molecule has 104 valence electrons. The second kappa shape index (κ2) is 7.30. The molecular weight excluding hydrogens is 238 g/mol. The SMILES string of the molecule is Cc1ccsc1CCC(C)(C)CCNCC(C)C. The van der Waals surface area contributed by atoms with E-state index in [1.165, 1.54) is 24.8 Å². The molecule has 2 heteroatoms. The molecule has 0 atom stereocenters. The van der Waals surface area contributed by atoms with Gasteiger partial charge < -0.3 is 5.32 Å². The van der Waals surface area contributed by atoms with Crippen LogP contribution in [0, 0.1) is 18.3 Å². The van der Waals surface area contributed by atoms with Crippen LogP contribution in [0.2, 0.25) is 0 Å². The Balaban J connectivity index is 2.25. The molecule has 0 bridgehead atoms. The average molecular weight is 267 g/mol. The molecule has 0 unspecified atom stereocenters. The zero-order chi connectivity index (χ0) is 13.6. The Kier molecular flexibility index (Phi) is 6.37. The molecule has 0 aromatic carbocycles. The summed E-state index contributed by atoms with van der Waals surface area (Å²) in [6.07, 6.45) is 3.79. The zero-order valence-electron chi connectivity index (χ0n) is 12.7. The first-order chi connectivity index (χ1) is 8.41. The molecule has 0 spiro atoms. The lowest BCUT2D eigenvalue weighted by Crippen LogP contribution is -2.25. The summed E-state index contributed by atoms with van der Waals surface area (Å²) in [5, 5.41) is 5.76. The van der Waals surface area contributed by atoms with Crippen LogP contribution in [0.25, 0.3) is 0 Å². The number of nitrogens with one attached hydrogen (secondary N) is 1. The van der Waals surface area contributed by atoms with Gasteiger partial charge in [-0.1, -0.05) is 27.7 Å². The largest absolute Gasteiger partial charge is 0.316 e. The van der Waals surface area contributed by atoms with Crippen LogP contribution in [0.4, 0.5) is 0 Å². The van der Waals surface area contributed by atoms with E-state index in [0.29, 0.717) is 5.41 Å². The fourth-order valence-electron chi connectivity index (χ4n) is 2.05. The zero-order valence-corrected chi connectivity index (χ0v) is 13.5. The third-order valence-corrected chi connectivity index (χ3v) is 4.61. The normalized spacial score (nSPS) is 12.3. The minimum Gasteiger partial charge on any atom is -0.316 e. The van der Waals surface area contributed by atoms with Gasteiger partial charge in [0.25, 0.3) is 0 Å². The summed E-state index contributed by atoms with van der Waals surface area (Å²) in [5.41, 5.74) is 1.91. The van der Waals surface area contributed by atoms with E-state index in [1.807, 2.05) is 11.3 Å². The van der Waals surface area contributed by atoms with Crippen LogP contribution >= 0.6 is 11.3 Å². The van der Waals surface area contributed by atoms with Gasteiger partial charge in [-0.15, -0.1) is 11.3 Å². The van der Waals surface area contributed by atoms with Crippen molar-refractivity contribution >= 4 is 11.3 Å². The van der Waals surface area contributed by atoms with Crippen LogP contribution in [0.15, 0.2) is 11.4 Å². The molecule has 18 heavy (non-hydrogen) atoms. The second-order valence-electron chi connectivity index (χ2n) is 6.54. The van der Waals surface area contributed by atoms with Crippen LogP contribution in [-0.2, 0) is 6.42 Å². The molecule has 1 heterocycles. The molecule has 1 nitrogen and oxygen atoms in total. The molecule has 0 aliphatic rings. The Hall–Kier alpha value is -0.340. The molecule has 0 fully saturated rings. The van der Waals surface area contributed by atoms with Gasteiger partial charge >= 0.3 is 0 Å². The average Bonchev–Trinajstić information content (AvgIpc) is 2.68. The summed E-state index contributed by atoms with van der Waals surface area (Å²) in [5.74, 6) is 0.752. The summed E-state index contributed by atoms with van der Waals surface area (Å²) in [6.45, 7) is 13.8. The molecule has 1 aromatic heterocycles. The van der Waals surface area contributed by atoms with Crippen LogP contribution in [-0.4, -0.2) is 13.1 Å². The van der Waals surface area contributed by atoms with Crippen molar-refractivity contribution in [1.82, 2.24) is 5.32 Å². The van der Waals surface area contributed by atoms with Crippen LogP contribution in [0.3, 0.4) is 0 Å². The van der Waals surface area contributed by atoms with Gasteiger partial charge in [-0.2, -0.15) is 0 Å². The number of rotatable bonds is 8. The van der Waals surface area contributed by atoms with E-state index in [9.17, 15) is 0 Å². The fraction of sp³-hybridized carbons (Fsp3) is 0.750. The lowest BCUT2D eigenvalue weighted by Gasteiger charge is -2.25. The Morgan fingerprint density at radius 3 is 2.56 bits per heavy atom. The highest BCUT2D eigenvalue weighted by molar-refractivity contribution is 7.10. The molecule has 0 radical (unpaired) electrons. The van der Waals surface area contributed by atoms with Crippen molar-refractivity contribution in [2.45, 2.75) is 53.9 Å². The van der Waals surface area contributed by atoms with Crippen molar-refractivity contribution in [1.29, 1.82) is 0 Å². The van der Waals surface area contributed by atoms with E-state index in [1.54, 1.807) is 4.88 Å². The maximum atomic E-state index is 3.55. The lowest BCUT2D eigenvalue weighted by molar-refractivity contribution is 0.300. The van der Waals surface area contributed by atoms with Gasteiger partial charge in [0.05, 0.1) is 0 Å². The highest BCUT2D eigenvalue weighted by Crippen LogP contribution is 2.28. The summed E-state index contributed by atoms with van der Waals surface area (Å²) >= 11 is 1.91. The van der Waals surface area contributed by atoms with Gasteiger partial charge in [-0.3, -0.25) is 0 Å². The van der Waals surface area contributed by atoms with Crippen LogP contribution in [0.1, 0.15) is 51.0 Å². The Bertz CT molecular complexity index is 339. The number of hydrogen-bond acceptors (Lipinski definition) is 2. The summed E-state index contributed by atoms with van der Waals surface area (Å²) < 4.78 is 0. The predicted molar refractivity (Wildman–Crippen MR) is 83.5 cm³/mol. The third kappa shape index (κ3) is 6.01. The van der Waals surface area contributed by atoms with Crippen LogP contribution < -0.4 is 5.32 Å². The first-order valence-electron chi connectivity index (χ1n) is 7.14. The number of thiophene rings is 1. The molecular formula is C16H29NS. The number of aryl methyl sites for hydroxylation is 2. The fourth-order valence-corrected chi connectivity index (χ4v) is 2.96. The summed E-state index contributed by atoms with van der Waals surface area (Å²) in [7, 11) is 0. The predicted octanol–water partition coefficient (Wildman–Crippen LogP) is 4.65. The lowest BCUT2D eigenvalue weighted by atomic mass is 9.84. The van der Waals surface area contributed by atoms with Gasteiger partial charge in [0.2, 0.25) is 0 Å². The van der Waals surface area contributed by atoms with E-state index in [2.05, 4.69) is 51.4 Å². The smallest absolute Gasteiger partial charge is 0.00746 e. The molecule has 0 saturated carbocycles. The Labute approximate surface area is 117 Å². The molecule has 0 aliphatic heterocycles. The first kappa shape index (κ1) is 15.7. The number of hydrogen-bond donors (Lipinski definition) is 1.